The lowest BCUT2D eigenvalue weighted by atomic mass is 9.69. The SMILES string of the molecule is O=C(NC1CCCCC1)C1CCC(C2CCC(C(=O)NC3CCCCC3)CC2)CC1. The second-order valence-corrected chi connectivity index (χ2v) is 10.9. The molecule has 4 fully saturated rings. The maximum absolute atomic E-state index is 12.7. The summed E-state index contributed by atoms with van der Waals surface area (Å²) in [6.45, 7) is 0. The minimum absolute atomic E-state index is 0.251. The van der Waals surface area contributed by atoms with Crippen molar-refractivity contribution in [1.29, 1.82) is 0 Å². The van der Waals surface area contributed by atoms with E-state index in [1.807, 2.05) is 0 Å². The van der Waals surface area contributed by atoms with E-state index in [1.165, 1.54) is 89.9 Å². The van der Waals surface area contributed by atoms with Gasteiger partial charge >= 0.3 is 0 Å². The van der Waals surface area contributed by atoms with Crippen molar-refractivity contribution in [3.8, 4) is 0 Å². The highest BCUT2D eigenvalue weighted by molar-refractivity contribution is 5.79. The van der Waals surface area contributed by atoms with Crippen molar-refractivity contribution >= 4 is 11.8 Å². The van der Waals surface area contributed by atoms with Gasteiger partial charge in [-0.1, -0.05) is 38.5 Å². The third kappa shape index (κ3) is 6.01. The zero-order chi connectivity index (χ0) is 20.8. The highest BCUT2D eigenvalue weighted by Crippen LogP contribution is 2.41. The summed E-state index contributed by atoms with van der Waals surface area (Å²) in [6, 6.07) is 0.887. The highest BCUT2D eigenvalue weighted by Gasteiger charge is 2.35. The smallest absolute Gasteiger partial charge is 0.223 e. The number of rotatable bonds is 5. The highest BCUT2D eigenvalue weighted by atomic mass is 16.2. The fourth-order valence-electron chi connectivity index (χ4n) is 6.84. The van der Waals surface area contributed by atoms with Gasteiger partial charge in [-0.2, -0.15) is 0 Å². The standard InChI is InChI=1S/C26H44N2O2/c29-25(27-23-7-3-1-4-8-23)21-15-11-19(12-16-21)20-13-17-22(18-14-20)26(30)28-24-9-5-2-6-10-24/h19-24H,1-18H2,(H,27,29)(H,28,30). The molecule has 4 aliphatic rings. The van der Waals surface area contributed by atoms with Crippen LogP contribution in [0.25, 0.3) is 0 Å². The van der Waals surface area contributed by atoms with Gasteiger partial charge in [0.25, 0.3) is 0 Å². The fraction of sp³-hybridized carbons (Fsp3) is 0.923. The Balaban J connectivity index is 1.14. The van der Waals surface area contributed by atoms with E-state index in [-0.39, 0.29) is 11.8 Å². The lowest BCUT2D eigenvalue weighted by Gasteiger charge is -2.38. The van der Waals surface area contributed by atoms with Gasteiger partial charge in [-0.3, -0.25) is 9.59 Å². The first-order valence-electron chi connectivity index (χ1n) is 13.3. The second kappa shape index (κ2) is 11.0. The van der Waals surface area contributed by atoms with Gasteiger partial charge in [-0.15, -0.1) is 0 Å². The molecule has 2 amide bonds. The Morgan fingerprint density at radius 2 is 0.767 bits per heavy atom. The van der Waals surface area contributed by atoms with Crippen LogP contribution in [0, 0.1) is 23.7 Å². The largest absolute Gasteiger partial charge is 0.353 e. The van der Waals surface area contributed by atoms with E-state index in [1.54, 1.807) is 0 Å². The summed E-state index contributed by atoms with van der Waals surface area (Å²) in [5, 5.41) is 6.70. The second-order valence-electron chi connectivity index (χ2n) is 10.9. The van der Waals surface area contributed by atoms with Gasteiger partial charge in [0.2, 0.25) is 11.8 Å². The van der Waals surface area contributed by atoms with Crippen molar-refractivity contribution in [3.05, 3.63) is 0 Å². The van der Waals surface area contributed by atoms with Crippen LogP contribution in [0.3, 0.4) is 0 Å². The van der Waals surface area contributed by atoms with Gasteiger partial charge in [0.1, 0.15) is 0 Å². The molecule has 0 saturated heterocycles. The van der Waals surface area contributed by atoms with Crippen LogP contribution in [0.4, 0.5) is 0 Å². The van der Waals surface area contributed by atoms with Crippen LogP contribution in [-0.4, -0.2) is 23.9 Å². The summed E-state index contributed by atoms with van der Waals surface area (Å²) in [5.41, 5.74) is 0. The van der Waals surface area contributed by atoms with Gasteiger partial charge in [-0.05, 0) is 88.9 Å². The average molecular weight is 417 g/mol. The summed E-state index contributed by atoms with van der Waals surface area (Å²) in [5.74, 6) is 2.74. The summed E-state index contributed by atoms with van der Waals surface area (Å²) in [7, 11) is 0. The van der Waals surface area contributed by atoms with Crippen molar-refractivity contribution in [1.82, 2.24) is 10.6 Å². The van der Waals surface area contributed by atoms with E-state index in [9.17, 15) is 9.59 Å². The zero-order valence-electron chi connectivity index (χ0n) is 19.0. The molecular formula is C26H44N2O2. The Hall–Kier alpha value is -1.06. The van der Waals surface area contributed by atoms with Gasteiger partial charge in [-0.25, -0.2) is 0 Å². The number of carbonyl (C=O) groups is 2. The number of hydrogen-bond donors (Lipinski definition) is 2. The third-order valence-corrected chi connectivity index (χ3v) is 8.86. The number of carbonyl (C=O) groups excluding carboxylic acids is 2. The monoisotopic (exact) mass is 416 g/mol. The van der Waals surface area contributed by atoms with Crippen LogP contribution < -0.4 is 10.6 Å². The van der Waals surface area contributed by atoms with Gasteiger partial charge in [0.15, 0.2) is 0 Å². The summed E-state index contributed by atoms with van der Waals surface area (Å²) >= 11 is 0. The molecule has 2 N–H and O–H groups in total. The molecule has 0 aromatic heterocycles. The molecule has 0 radical (unpaired) electrons. The van der Waals surface area contributed by atoms with Crippen LogP contribution in [0.1, 0.15) is 116 Å². The first kappa shape index (κ1) is 22.1. The van der Waals surface area contributed by atoms with Crippen LogP contribution in [0.5, 0.6) is 0 Å². The quantitative estimate of drug-likeness (QED) is 0.622. The van der Waals surface area contributed by atoms with E-state index in [4.69, 9.17) is 0 Å². The Kier molecular flexibility index (Phi) is 8.12. The molecule has 0 heterocycles. The van der Waals surface area contributed by atoms with Gasteiger partial charge in [0, 0.05) is 23.9 Å². The molecule has 0 atom stereocenters. The third-order valence-electron chi connectivity index (χ3n) is 8.86. The molecule has 0 unspecified atom stereocenters. The molecule has 4 saturated carbocycles. The Morgan fingerprint density at radius 3 is 1.10 bits per heavy atom. The fourth-order valence-corrected chi connectivity index (χ4v) is 6.84. The van der Waals surface area contributed by atoms with Gasteiger partial charge in [0.05, 0.1) is 0 Å². The molecule has 0 aromatic rings. The minimum atomic E-state index is 0.251. The first-order valence-corrected chi connectivity index (χ1v) is 13.3. The van der Waals surface area contributed by atoms with Crippen LogP contribution in [0.15, 0.2) is 0 Å². The molecule has 30 heavy (non-hydrogen) atoms. The van der Waals surface area contributed by atoms with Crippen LogP contribution in [0.2, 0.25) is 0 Å². The lowest BCUT2D eigenvalue weighted by molar-refractivity contribution is -0.129. The number of amides is 2. The molecule has 4 rings (SSSR count). The molecule has 0 spiro atoms. The van der Waals surface area contributed by atoms with Crippen molar-refractivity contribution < 1.29 is 9.59 Å². The molecule has 0 aromatic carbocycles. The summed E-state index contributed by atoms with van der Waals surface area (Å²) < 4.78 is 0. The van der Waals surface area contributed by atoms with Crippen molar-refractivity contribution in [2.45, 2.75) is 128 Å². The van der Waals surface area contributed by atoms with E-state index in [2.05, 4.69) is 10.6 Å². The average Bonchev–Trinajstić information content (AvgIpc) is 2.80. The van der Waals surface area contributed by atoms with Crippen molar-refractivity contribution in [3.63, 3.8) is 0 Å². The maximum atomic E-state index is 12.7. The zero-order valence-corrected chi connectivity index (χ0v) is 19.0. The number of nitrogens with one attached hydrogen (secondary N) is 2. The van der Waals surface area contributed by atoms with Crippen molar-refractivity contribution in [2.75, 3.05) is 0 Å². The molecule has 0 bridgehead atoms. The minimum Gasteiger partial charge on any atom is -0.353 e. The van der Waals surface area contributed by atoms with Gasteiger partial charge < -0.3 is 10.6 Å². The van der Waals surface area contributed by atoms with Crippen LogP contribution >= 0.6 is 0 Å². The summed E-state index contributed by atoms with van der Waals surface area (Å²) in [6.07, 6.45) is 21.7. The van der Waals surface area contributed by atoms with E-state index >= 15 is 0 Å². The van der Waals surface area contributed by atoms with Crippen LogP contribution in [-0.2, 0) is 9.59 Å². The topological polar surface area (TPSA) is 58.2 Å². The lowest BCUT2D eigenvalue weighted by Crippen LogP contribution is -2.42. The van der Waals surface area contributed by atoms with Crippen molar-refractivity contribution in [2.24, 2.45) is 23.7 Å². The van der Waals surface area contributed by atoms with E-state index in [0.717, 1.165) is 37.5 Å². The predicted octanol–water partition coefficient (Wildman–Crippen LogP) is 5.50. The van der Waals surface area contributed by atoms with E-state index < -0.39 is 0 Å². The predicted molar refractivity (Wildman–Crippen MR) is 121 cm³/mol. The molecule has 4 heteroatoms. The van der Waals surface area contributed by atoms with E-state index in [0.29, 0.717) is 23.9 Å². The Labute approximate surface area is 183 Å². The summed E-state index contributed by atoms with van der Waals surface area (Å²) in [4.78, 5) is 25.4. The molecule has 0 aliphatic heterocycles. The molecule has 4 aliphatic carbocycles. The normalized spacial score (nSPS) is 34.3. The Bertz CT molecular complexity index is 499. The number of hydrogen-bond acceptors (Lipinski definition) is 2. The molecule has 4 nitrogen and oxygen atoms in total. The molecular weight excluding hydrogens is 372 g/mol. The first-order chi connectivity index (χ1) is 14.7. The Morgan fingerprint density at radius 1 is 0.433 bits per heavy atom. The maximum Gasteiger partial charge on any atom is 0.223 e. The molecule has 170 valence electrons.